The number of hydrogen-bond acceptors (Lipinski definition) is 4. The summed E-state index contributed by atoms with van der Waals surface area (Å²) < 4.78 is 37.0. The first-order chi connectivity index (χ1) is 9.56. The van der Waals surface area contributed by atoms with Crippen LogP contribution in [0.5, 0.6) is 0 Å². The van der Waals surface area contributed by atoms with Gasteiger partial charge in [-0.3, -0.25) is 4.79 Å². The molecule has 0 fully saturated rings. The Morgan fingerprint density at radius 1 is 1.48 bits per heavy atom. The van der Waals surface area contributed by atoms with Gasteiger partial charge < -0.3 is 10.4 Å². The van der Waals surface area contributed by atoms with Crippen LogP contribution in [0.4, 0.5) is 18.9 Å². The lowest BCUT2D eigenvalue weighted by Gasteiger charge is -2.23. The fourth-order valence-electron chi connectivity index (χ4n) is 1.78. The summed E-state index contributed by atoms with van der Waals surface area (Å²) in [6.45, 7) is 2.11. The van der Waals surface area contributed by atoms with E-state index in [4.69, 9.17) is 11.6 Å². The Kier molecular flexibility index (Phi) is 5.63. The van der Waals surface area contributed by atoms with E-state index in [1.54, 1.807) is 6.92 Å². The van der Waals surface area contributed by atoms with Crippen molar-refractivity contribution in [2.24, 2.45) is 0 Å². The van der Waals surface area contributed by atoms with Crippen LogP contribution in [0.3, 0.4) is 0 Å². The molecule has 1 aromatic heterocycles. The van der Waals surface area contributed by atoms with Crippen molar-refractivity contribution in [3.63, 3.8) is 0 Å². The van der Waals surface area contributed by atoms with Crippen molar-refractivity contribution >= 4 is 17.3 Å². The fraction of sp³-hybridized carbons (Fsp3) is 0.667. The Hall–Kier alpha value is -1.28. The summed E-state index contributed by atoms with van der Waals surface area (Å²) in [5, 5.41) is 15.8. The van der Waals surface area contributed by atoms with E-state index in [1.165, 1.54) is 0 Å². The third-order valence-electron chi connectivity index (χ3n) is 2.76. The summed E-state index contributed by atoms with van der Waals surface area (Å²) in [5.74, 6) is 0. The highest BCUT2D eigenvalue weighted by molar-refractivity contribution is 6.32. The van der Waals surface area contributed by atoms with Crippen LogP contribution in [0.1, 0.15) is 26.7 Å². The van der Waals surface area contributed by atoms with Gasteiger partial charge in [0.15, 0.2) is 0 Å². The van der Waals surface area contributed by atoms with Crippen molar-refractivity contribution in [2.45, 2.75) is 45.0 Å². The molecule has 0 saturated carbocycles. The first-order valence-electron chi connectivity index (χ1n) is 6.34. The van der Waals surface area contributed by atoms with Gasteiger partial charge in [0.1, 0.15) is 11.6 Å². The summed E-state index contributed by atoms with van der Waals surface area (Å²) in [6, 6.07) is 0. The lowest BCUT2D eigenvalue weighted by Crippen LogP contribution is -2.35. The molecular weight excluding hydrogens is 311 g/mol. The van der Waals surface area contributed by atoms with Crippen molar-refractivity contribution in [1.29, 1.82) is 0 Å². The van der Waals surface area contributed by atoms with Gasteiger partial charge in [0, 0.05) is 6.54 Å². The predicted octanol–water partition coefficient (Wildman–Crippen LogP) is 2.42. The summed E-state index contributed by atoms with van der Waals surface area (Å²) in [5.41, 5.74) is -1.95. The molecule has 1 atom stereocenters. The molecular formula is C12H17ClF3N3O2. The number of rotatable bonds is 6. The molecule has 0 spiro atoms. The van der Waals surface area contributed by atoms with Crippen molar-refractivity contribution in [3.8, 4) is 0 Å². The molecule has 0 radical (unpaired) electrons. The molecule has 1 unspecified atom stereocenters. The van der Waals surface area contributed by atoms with E-state index in [0.717, 1.165) is 12.6 Å². The molecule has 0 aliphatic carbocycles. The monoisotopic (exact) mass is 327 g/mol. The summed E-state index contributed by atoms with van der Waals surface area (Å²) in [7, 11) is 0. The highest BCUT2D eigenvalue weighted by Gasteiger charge is 2.30. The van der Waals surface area contributed by atoms with Gasteiger partial charge in [0.25, 0.3) is 5.56 Å². The Morgan fingerprint density at radius 2 is 2.10 bits per heavy atom. The first-order valence-corrected chi connectivity index (χ1v) is 6.72. The van der Waals surface area contributed by atoms with Crippen LogP contribution in [0.25, 0.3) is 0 Å². The number of aliphatic hydroxyl groups is 1. The van der Waals surface area contributed by atoms with Gasteiger partial charge in [-0.15, -0.1) is 0 Å². The number of alkyl halides is 3. The lowest BCUT2D eigenvalue weighted by molar-refractivity contribution is -0.143. The number of hydrogen-bond donors (Lipinski definition) is 2. The molecule has 120 valence electrons. The molecule has 0 aliphatic heterocycles. The standard InChI is InChI=1S/C12H17ClF3N3O2/c1-3-4-11(2,21)6-17-8-5-18-19(7-12(14,15)16)10(20)9(8)13/h5,17,21H,3-4,6-7H2,1-2H3. The molecule has 9 heteroatoms. The molecule has 5 nitrogen and oxygen atoms in total. The average Bonchev–Trinajstić information content (AvgIpc) is 2.32. The maximum Gasteiger partial charge on any atom is 0.408 e. The smallest absolute Gasteiger partial charge is 0.388 e. The molecule has 2 N–H and O–H groups in total. The number of nitrogens with one attached hydrogen (secondary N) is 1. The normalized spacial score (nSPS) is 14.8. The van der Waals surface area contributed by atoms with Crippen molar-refractivity contribution in [2.75, 3.05) is 11.9 Å². The second kappa shape index (κ2) is 6.65. The van der Waals surface area contributed by atoms with Crippen LogP contribution in [-0.4, -0.2) is 33.2 Å². The van der Waals surface area contributed by atoms with Gasteiger partial charge in [-0.25, -0.2) is 4.68 Å². The SMILES string of the molecule is CCCC(C)(O)CNc1cnn(CC(F)(F)F)c(=O)c1Cl. The number of halogens is 4. The minimum atomic E-state index is -4.56. The molecule has 1 rings (SSSR count). The van der Waals surface area contributed by atoms with Crippen molar-refractivity contribution in [1.82, 2.24) is 9.78 Å². The Balaban J connectivity index is 2.88. The molecule has 1 heterocycles. The second-order valence-electron chi connectivity index (χ2n) is 5.05. The summed E-state index contributed by atoms with van der Waals surface area (Å²) in [4.78, 5) is 11.7. The molecule has 0 amide bonds. The van der Waals surface area contributed by atoms with Gasteiger partial charge in [-0.1, -0.05) is 24.9 Å². The molecule has 0 aromatic carbocycles. The number of nitrogens with zero attached hydrogens (tertiary/aromatic N) is 2. The third kappa shape index (κ3) is 5.55. The van der Waals surface area contributed by atoms with Crippen molar-refractivity contribution < 1.29 is 18.3 Å². The minimum Gasteiger partial charge on any atom is -0.388 e. The van der Waals surface area contributed by atoms with Crippen LogP contribution in [0, 0.1) is 0 Å². The quantitative estimate of drug-likeness (QED) is 0.842. The van der Waals surface area contributed by atoms with Gasteiger partial charge in [-0.2, -0.15) is 18.3 Å². The maximum absolute atomic E-state index is 12.3. The zero-order chi connectivity index (χ0) is 16.3. The van der Waals surface area contributed by atoms with Crippen LogP contribution in [0.15, 0.2) is 11.0 Å². The van der Waals surface area contributed by atoms with Crippen LogP contribution in [-0.2, 0) is 6.54 Å². The van der Waals surface area contributed by atoms with E-state index in [2.05, 4.69) is 10.4 Å². The average molecular weight is 328 g/mol. The van der Waals surface area contributed by atoms with E-state index in [-0.39, 0.29) is 21.9 Å². The minimum absolute atomic E-state index is 0.0940. The van der Waals surface area contributed by atoms with Gasteiger partial charge in [0.05, 0.1) is 17.5 Å². The Bertz CT molecular complexity index is 544. The maximum atomic E-state index is 12.3. The van der Waals surface area contributed by atoms with Crippen LogP contribution in [0.2, 0.25) is 5.02 Å². The zero-order valence-corrected chi connectivity index (χ0v) is 12.4. The second-order valence-corrected chi connectivity index (χ2v) is 5.43. The summed E-state index contributed by atoms with van der Waals surface area (Å²) >= 11 is 5.75. The van der Waals surface area contributed by atoms with E-state index in [9.17, 15) is 23.1 Å². The largest absolute Gasteiger partial charge is 0.408 e. The van der Waals surface area contributed by atoms with Crippen LogP contribution >= 0.6 is 11.6 Å². The predicted molar refractivity (Wildman–Crippen MR) is 73.6 cm³/mol. The van der Waals surface area contributed by atoms with E-state index in [0.29, 0.717) is 6.42 Å². The Labute approximate surface area is 124 Å². The van der Waals surface area contributed by atoms with Crippen LogP contribution < -0.4 is 10.9 Å². The van der Waals surface area contributed by atoms with Crippen molar-refractivity contribution in [3.05, 3.63) is 21.6 Å². The third-order valence-corrected chi connectivity index (χ3v) is 3.13. The first kappa shape index (κ1) is 17.8. The molecule has 0 aliphatic rings. The molecule has 21 heavy (non-hydrogen) atoms. The van der Waals surface area contributed by atoms with E-state index < -0.39 is 23.9 Å². The fourth-order valence-corrected chi connectivity index (χ4v) is 2.00. The Morgan fingerprint density at radius 3 is 2.62 bits per heavy atom. The molecule has 0 bridgehead atoms. The van der Waals surface area contributed by atoms with E-state index in [1.807, 2.05) is 6.92 Å². The molecule has 1 aromatic rings. The highest BCUT2D eigenvalue weighted by Crippen LogP contribution is 2.20. The van der Waals surface area contributed by atoms with Gasteiger partial charge in [-0.05, 0) is 13.3 Å². The van der Waals surface area contributed by atoms with Gasteiger partial charge >= 0.3 is 6.18 Å². The number of anilines is 1. The van der Waals surface area contributed by atoms with E-state index >= 15 is 0 Å². The zero-order valence-electron chi connectivity index (χ0n) is 11.7. The topological polar surface area (TPSA) is 67.2 Å². The number of aromatic nitrogens is 2. The summed E-state index contributed by atoms with van der Waals surface area (Å²) in [6.07, 6.45) is -2.23. The molecule has 0 saturated heterocycles. The van der Waals surface area contributed by atoms with Gasteiger partial charge in [0.2, 0.25) is 0 Å². The lowest BCUT2D eigenvalue weighted by atomic mass is 10.0. The highest BCUT2D eigenvalue weighted by atomic mass is 35.5.